The maximum atomic E-state index is 12.7. The fraction of sp³-hybridized carbons (Fsp3) is 0.316. The Hall–Kier alpha value is -1.78. The number of ether oxygens (including phenoxy) is 1. The van der Waals surface area contributed by atoms with Gasteiger partial charge in [0.05, 0.1) is 12.5 Å². The van der Waals surface area contributed by atoms with Crippen molar-refractivity contribution < 1.29 is 14.1 Å². The predicted octanol–water partition coefficient (Wildman–Crippen LogP) is 3.81. The van der Waals surface area contributed by atoms with Crippen molar-refractivity contribution in [3.8, 4) is 0 Å². The first kappa shape index (κ1) is 16.1. The van der Waals surface area contributed by atoms with Crippen molar-refractivity contribution in [2.75, 3.05) is 6.61 Å². The van der Waals surface area contributed by atoms with Crippen LogP contribution < -0.4 is 0 Å². The first-order valence-corrected chi connectivity index (χ1v) is 9.09. The van der Waals surface area contributed by atoms with E-state index in [4.69, 9.17) is 4.74 Å². The monoisotopic (exact) mass is 328 g/mol. The second kappa shape index (κ2) is 6.77. The zero-order chi connectivity index (χ0) is 16.4. The Balaban J connectivity index is 1.96. The zero-order valence-corrected chi connectivity index (χ0v) is 14.2. The van der Waals surface area contributed by atoms with Crippen molar-refractivity contribution in [2.45, 2.75) is 42.4 Å². The molecule has 0 bridgehead atoms. The van der Waals surface area contributed by atoms with Crippen LogP contribution in [0.2, 0.25) is 0 Å². The quantitative estimate of drug-likeness (QED) is 0.633. The van der Waals surface area contributed by atoms with Gasteiger partial charge in [0.15, 0.2) is 9.79 Å². The van der Waals surface area contributed by atoms with Crippen molar-refractivity contribution in [1.82, 2.24) is 0 Å². The van der Waals surface area contributed by atoms with Crippen LogP contribution in [0.4, 0.5) is 0 Å². The van der Waals surface area contributed by atoms with Gasteiger partial charge in [0.2, 0.25) is 0 Å². The summed E-state index contributed by atoms with van der Waals surface area (Å²) in [7, 11) is 0. The van der Waals surface area contributed by atoms with E-state index in [9.17, 15) is 9.35 Å². The highest BCUT2D eigenvalue weighted by Gasteiger charge is 2.29. The number of benzene rings is 2. The lowest BCUT2D eigenvalue weighted by atomic mass is 9.93. The molecule has 120 valence electrons. The van der Waals surface area contributed by atoms with Gasteiger partial charge in [-0.05, 0) is 37.1 Å². The molecule has 1 aliphatic rings. The average Bonchev–Trinajstić information content (AvgIpc) is 2.56. The minimum Gasteiger partial charge on any atom is -0.606 e. The van der Waals surface area contributed by atoms with E-state index in [1.54, 1.807) is 0 Å². The Morgan fingerprint density at radius 1 is 1.17 bits per heavy atom. The van der Waals surface area contributed by atoms with Gasteiger partial charge in [-0.25, -0.2) is 0 Å². The van der Waals surface area contributed by atoms with Crippen molar-refractivity contribution in [3.05, 3.63) is 59.2 Å². The van der Waals surface area contributed by atoms with E-state index in [1.807, 2.05) is 56.3 Å². The molecule has 0 saturated heterocycles. The third-order valence-corrected chi connectivity index (χ3v) is 5.81. The highest BCUT2D eigenvalue weighted by atomic mass is 32.2. The summed E-state index contributed by atoms with van der Waals surface area (Å²) in [5, 5.41) is 0. The molecular weight excluding hydrogens is 308 g/mol. The van der Waals surface area contributed by atoms with Crippen molar-refractivity contribution in [1.29, 1.82) is 0 Å². The van der Waals surface area contributed by atoms with Crippen molar-refractivity contribution >= 4 is 17.1 Å². The molecular formula is C19H20O3S. The Bertz CT molecular complexity index is 726. The highest BCUT2D eigenvalue weighted by Crippen LogP contribution is 2.36. The summed E-state index contributed by atoms with van der Waals surface area (Å²) in [5.41, 5.74) is 3.09. The van der Waals surface area contributed by atoms with Crippen LogP contribution in [0.25, 0.3) is 0 Å². The maximum absolute atomic E-state index is 12.7. The minimum atomic E-state index is -1.14. The molecule has 0 fully saturated rings. The third kappa shape index (κ3) is 3.01. The molecule has 0 radical (unpaired) electrons. The Morgan fingerprint density at radius 2 is 1.91 bits per heavy atom. The van der Waals surface area contributed by atoms with E-state index in [0.29, 0.717) is 13.0 Å². The molecule has 0 amide bonds. The number of hydrogen-bond acceptors (Lipinski definition) is 3. The summed E-state index contributed by atoms with van der Waals surface area (Å²) in [4.78, 5) is 13.9. The van der Waals surface area contributed by atoms with Crippen LogP contribution in [-0.2, 0) is 27.1 Å². The first-order chi connectivity index (χ1) is 11.2. The number of fused-ring (bicyclic) bond motifs is 2. The van der Waals surface area contributed by atoms with Crippen LogP contribution >= 0.6 is 0 Å². The zero-order valence-electron chi connectivity index (χ0n) is 13.4. The lowest BCUT2D eigenvalue weighted by molar-refractivity contribution is -0.145. The van der Waals surface area contributed by atoms with E-state index in [1.165, 1.54) is 0 Å². The molecule has 23 heavy (non-hydrogen) atoms. The van der Waals surface area contributed by atoms with Crippen LogP contribution in [0, 0.1) is 0 Å². The fourth-order valence-corrected chi connectivity index (χ4v) is 4.45. The second-order valence-corrected chi connectivity index (χ2v) is 7.05. The summed E-state index contributed by atoms with van der Waals surface area (Å²) in [6.45, 7) is 4.18. The number of carbonyl (C=O) groups excluding carboxylic acids is 1. The average molecular weight is 328 g/mol. The predicted molar refractivity (Wildman–Crippen MR) is 90.0 cm³/mol. The molecule has 0 aliphatic carbocycles. The van der Waals surface area contributed by atoms with Crippen molar-refractivity contribution in [2.24, 2.45) is 0 Å². The van der Waals surface area contributed by atoms with E-state index in [0.717, 1.165) is 32.9 Å². The lowest BCUT2D eigenvalue weighted by Crippen LogP contribution is -2.18. The normalized spacial score (nSPS) is 17.1. The molecule has 0 saturated carbocycles. The molecule has 0 aromatic heterocycles. The summed E-state index contributed by atoms with van der Waals surface area (Å²) < 4.78 is 17.9. The topological polar surface area (TPSA) is 49.4 Å². The summed E-state index contributed by atoms with van der Waals surface area (Å²) in [6, 6.07) is 13.7. The van der Waals surface area contributed by atoms with Gasteiger partial charge in [0, 0.05) is 28.7 Å². The summed E-state index contributed by atoms with van der Waals surface area (Å²) in [6.07, 6.45) is 1.45. The number of hydrogen-bond donors (Lipinski definition) is 0. The molecule has 1 aliphatic heterocycles. The molecule has 0 N–H and O–H groups in total. The number of rotatable bonds is 4. The van der Waals surface area contributed by atoms with Gasteiger partial charge < -0.3 is 9.29 Å². The highest BCUT2D eigenvalue weighted by molar-refractivity contribution is 7.91. The van der Waals surface area contributed by atoms with E-state index >= 15 is 0 Å². The fourth-order valence-electron chi connectivity index (χ4n) is 3.07. The third-order valence-electron chi connectivity index (χ3n) is 4.22. The van der Waals surface area contributed by atoms with Crippen LogP contribution in [0.5, 0.6) is 0 Å². The largest absolute Gasteiger partial charge is 0.606 e. The van der Waals surface area contributed by atoms with Gasteiger partial charge in [-0.1, -0.05) is 31.2 Å². The Labute approximate surface area is 139 Å². The molecule has 1 heterocycles. The molecule has 0 spiro atoms. The Morgan fingerprint density at radius 3 is 2.65 bits per heavy atom. The number of esters is 1. The molecule has 3 nitrogen and oxygen atoms in total. The molecule has 2 aromatic rings. The Kier molecular flexibility index (Phi) is 4.74. The SMILES string of the molecule is CCOC(=O)C(CC)c1ccc2c(c1)Cc1ccccc1[S+]2[O-]. The molecule has 2 atom stereocenters. The van der Waals surface area contributed by atoms with Gasteiger partial charge in [-0.2, -0.15) is 0 Å². The van der Waals surface area contributed by atoms with E-state index in [2.05, 4.69) is 0 Å². The second-order valence-electron chi connectivity index (χ2n) is 5.63. The molecule has 2 unspecified atom stereocenters. The van der Waals surface area contributed by atoms with Gasteiger partial charge >= 0.3 is 5.97 Å². The van der Waals surface area contributed by atoms with Gasteiger partial charge in [-0.15, -0.1) is 0 Å². The van der Waals surface area contributed by atoms with Crippen LogP contribution in [0.1, 0.15) is 42.9 Å². The van der Waals surface area contributed by atoms with Crippen molar-refractivity contribution in [3.63, 3.8) is 0 Å². The maximum Gasteiger partial charge on any atom is 0.313 e. The van der Waals surface area contributed by atoms with Gasteiger partial charge in [-0.3, -0.25) is 4.79 Å². The van der Waals surface area contributed by atoms with E-state index < -0.39 is 11.2 Å². The molecule has 4 heteroatoms. The first-order valence-electron chi connectivity index (χ1n) is 7.94. The van der Waals surface area contributed by atoms with Crippen LogP contribution in [-0.4, -0.2) is 17.1 Å². The minimum absolute atomic E-state index is 0.188. The summed E-state index contributed by atoms with van der Waals surface area (Å²) >= 11 is -1.14. The van der Waals surface area contributed by atoms with Crippen LogP contribution in [0.3, 0.4) is 0 Å². The molecule has 3 rings (SSSR count). The number of carbonyl (C=O) groups is 1. The molecule has 2 aromatic carbocycles. The summed E-state index contributed by atoms with van der Waals surface area (Å²) in [5.74, 6) is -0.446. The lowest BCUT2D eigenvalue weighted by Gasteiger charge is -2.23. The van der Waals surface area contributed by atoms with Crippen LogP contribution in [0.15, 0.2) is 52.3 Å². The standard InChI is InChI=1S/C19H20O3S/c1-3-16(19(20)22-4-2)13-9-10-18-15(11-13)12-14-7-5-6-8-17(14)23(18)21/h5-11,16H,3-4,12H2,1-2H3. The van der Waals surface area contributed by atoms with Gasteiger partial charge in [0.25, 0.3) is 0 Å². The van der Waals surface area contributed by atoms with Gasteiger partial charge in [0.1, 0.15) is 0 Å². The smallest absolute Gasteiger partial charge is 0.313 e. The van der Waals surface area contributed by atoms with E-state index in [-0.39, 0.29) is 11.9 Å².